The summed E-state index contributed by atoms with van der Waals surface area (Å²) in [6.45, 7) is 0. The first-order valence-corrected chi connectivity index (χ1v) is 6.31. The first kappa shape index (κ1) is 12.2. The largest absolute Gasteiger partial charge is 0.496 e. The summed E-state index contributed by atoms with van der Waals surface area (Å²) in [5, 5.41) is 0. The second kappa shape index (κ2) is 5.40. The third-order valence-electron chi connectivity index (χ3n) is 2.57. The topological polar surface area (TPSA) is 18.5 Å². The molecule has 0 aliphatic carbocycles. The van der Waals surface area contributed by atoms with Gasteiger partial charge in [0.1, 0.15) is 11.5 Å². The van der Waals surface area contributed by atoms with Crippen molar-refractivity contribution in [3.63, 3.8) is 0 Å². The molecule has 0 spiro atoms. The molecular formula is C14H13IO2. The molecule has 0 saturated heterocycles. The summed E-state index contributed by atoms with van der Waals surface area (Å²) >= 11 is 2.29. The summed E-state index contributed by atoms with van der Waals surface area (Å²) in [5.74, 6) is 1.73. The van der Waals surface area contributed by atoms with E-state index in [1.807, 2.05) is 30.3 Å². The standard InChI is InChI=1S/C14H13IO2/c1-16-11-8-9-12(17-2)14(15)13(11)10-6-4-3-5-7-10/h3-9H,1-2H3. The Morgan fingerprint density at radius 3 is 2.00 bits per heavy atom. The molecule has 0 saturated carbocycles. The Morgan fingerprint density at radius 1 is 0.824 bits per heavy atom. The molecule has 0 fully saturated rings. The van der Waals surface area contributed by atoms with E-state index in [0.717, 1.165) is 26.2 Å². The second-order valence-corrected chi connectivity index (χ2v) is 4.60. The zero-order valence-electron chi connectivity index (χ0n) is 9.74. The summed E-state index contributed by atoms with van der Waals surface area (Å²) in [6.07, 6.45) is 0. The first-order valence-electron chi connectivity index (χ1n) is 5.24. The van der Waals surface area contributed by atoms with Crippen LogP contribution in [0.4, 0.5) is 0 Å². The van der Waals surface area contributed by atoms with Gasteiger partial charge in [-0.1, -0.05) is 30.3 Å². The first-order chi connectivity index (χ1) is 8.27. The monoisotopic (exact) mass is 340 g/mol. The highest BCUT2D eigenvalue weighted by molar-refractivity contribution is 14.1. The number of methoxy groups -OCH3 is 2. The lowest BCUT2D eigenvalue weighted by atomic mass is 10.0. The molecule has 0 radical (unpaired) electrons. The fourth-order valence-corrected chi connectivity index (χ4v) is 2.72. The Bertz CT molecular complexity index is 509. The normalized spacial score (nSPS) is 10.1. The Hall–Kier alpha value is -1.23. The Morgan fingerprint density at radius 2 is 1.41 bits per heavy atom. The maximum absolute atomic E-state index is 5.42. The summed E-state index contributed by atoms with van der Waals surface area (Å²) in [7, 11) is 3.36. The number of hydrogen-bond donors (Lipinski definition) is 0. The molecule has 17 heavy (non-hydrogen) atoms. The van der Waals surface area contributed by atoms with Crippen LogP contribution in [0.15, 0.2) is 42.5 Å². The van der Waals surface area contributed by atoms with Crippen molar-refractivity contribution in [3.8, 4) is 22.6 Å². The molecule has 0 heterocycles. The van der Waals surface area contributed by atoms with Gasteiger partial charge in [-0.15, -0.1) is 0 Å². The number of ether oxygens (including phenoxy) is 2. The smallest absolute Gasteiger partial charge is 0.133 e. The fraction of sp³-hybridized carbons (Fsp3) is 0.143. The predicted octanol–water partition coefficient (Wildman–Crippen LogP) is 3.98. The molecule has 2 nitrogen and oxygen atoms in total. The minimum absolute atomic E-state index is 0.862. The van der Waals surface area contributed by atoms with Crippen molar-refractivity contribution < 1.29 is 9.47 Å². The van der Waals surface area contributed by atoms with Crippen LogP contribution in [-0.2, 0) is 0 Å². The van der Waals surface area contributed by atoms with Gasteiger partial charge in [0, 0.05) is 5.56 Å². The van der Waals surface area contributed by atoms with E-state index in [-0.39, 0.29) is 0 Å². The van der Waals surface area contributed by atoms with Crippen molar-refractivity contribution in [2.45, 2.75) is 0 Å². The van der Waals surface area contributed by atoms with Crippen LogP contribution in [0.25, 0.3) is 11.1 Å². The van der Waals surface area contributed by atoms with E-state index >= 15 is 0 Å². The summed E-state index contributed by atoms with van der Waals surface area (Å²) in [4.78, 5) is 0. The second-order valence-electron chi connectivity index (χ2n) is 3.53. The molecule has 88 valence electrons. The van der Waals surface area contributed by atoms with Gasteiger partial charge >= 0.3 is 0 Å². The maximum Gasteiger partial charge on any atom is 0.133 e. The van der Waals surface area contributed by atoms with Gasteiger partial charge in [0.2, 0.25) is 0 Å². The zero-order chi connectivity index (χ0) is 12.3. The molecule has 3 heteroatoms. The van der Waals surface area contributed by atoms with Crippen LogP contribution >= 0.6 is 22.6 Å². The van der Waals surface area contributed by atoms with Crippen LogP contribution < -0.4 is 9.47 Å². The van der Waals surface area contributed by atoms with E-state index < -0.39 is 0 Å². The minimum atomic E-state index is 0.862. The Kier molecular flexibility index (Phi) is 3.89. The summed E-state index contributed by atoms with van der Waals surface area (Å²) < 4.78 is 11.8. The van der Waals surface area contributed by atoms with E-state index in [2.05, 4.69) is 34.7 Å². The molecular weight excluding hydrogens is 327 g/mol. The van der Waals surface area contributed by atoms with Crippen LogP contribution in [0, 0.1) is 3.57 Å². The van der Waals surface area contributed by atoms with Crippen LogP contribution in [-0.4, -0.2) is 14.2 Å². The van der Waals surface area contributed by atoms with E-state index in [1.165, 1.54) is 0 Å². The molecule has 2 rings (SSSR count). The number of halogens is 1. The van der Waals surface area contributed by atoms with E-state index in [9.17, 15) is 0 Å². The van der Waals surface area contributed by atoms with Crippen molar-refractivity contribution in [3.05, 3.63) is 46.0 Å². The predicted molar refractivity (Wildman–Crippen MR) is 77.7 cm³/mol. The lowest BCUT2D eigenvalue weighted by Gasteiger charge is -2.13. The SMILES string of the molecule is COc1ccc(OC)c(-c2ccccc2)c1I. The van der Waals surface area contributed by atoms with Crippen molar-refractivity contribution in [1.82, 2.24) is 0 Å². The average Bonchev–Trinajstić information content (AvgIpc) is 2.39. The Balaban J connectivity index is 2.66. The fourth-order valence-electron chi connectivity index (χ4n) is 1.74. The molecule has 0 N–H and O–H groups in total. The highest BCUT2D eigenvalue weighted by Gasteiger charge is 2.13. The van der Waals surface area contributed by atoms with Crippen LogP contribution in [0.1, 0.15) is 0 Å². The molecule has 0 aromatic heterocycles. The Labute approximate surface area is 115 Å². The molecule has 0 unspecified atom stereocenters. The molecule has 2 aromatic rings. The molecule has 0 atom stereocenters. The van der Waals surface area contributed by atoms with Gasteiger partial charge in [0.25, 0.3) is 0 Å². The van der Waals surface area contributed by atoms with Crippen molar-refractivity contribution in [2.24, 2.45) is 0 Å². The number of rotatable bonds is 3. The van der Waals surface area contributed by atoms with Gasteiger partial charge < -0.3 is 9.47 Å². The molecule has 0 bridgehead atoms. The quantitative estimate of drug-likeness (QED) is 0.787. The summed E-state index contributed by atoms with van der Waals surface area (Å²) in [5.41, 5.74) is 2.21. The average molecular weight is 340 g/mol. The summed E-state index contributed by atoms with van der Waals surface area (Å²) in [6, 6.07) is 14.0. The van der Waals surface area contributed by atoms with E-state index in [4.69, 9.17) is 9.47 Å². The number of benzene rings is 2. The van der Waals surface area contributed by atoms with Gasteiger partial charge in [-0.3, -0.25) is 0 Å². The van der Waals surface area contributed by atoms with Gasteiger partial charge in [-0.05, 0) is 40.3 Å². The highest BCUT2D eigenvalue weighted by Crippen LogP contribution is 2.39. The lowest BCUT2D eigenvalue weighted by Crippen LogP contribution is -1.94. The van der Waals surface area contributed by atoms with Crippen molar-refractivity contribution in [1.29, 1.82) is 0 Å². The lowest BCUT2D eigenvalue weighted by molar-refractivity contribution is 0.402. The van der Waals surface area contributed by atoms with Gasteiger partial charge in [-0.25, -0.2) is 0 Å². The van der Waals surface area contributed by atoms with Crippen LogP contribution in [0.5, 0.6) is 11.5 Å². The number of hydrogen-bond acceptors (Lipinski definition) is 2. The third-order valence-corrected chi connectivity index (χ3v) is 3.64. The molecule has 0 aliphatic heterocycles. The highest BCUT2D eigenvalue weighted by atomic mass is 127. The van der Waals surface area contributed by atoms with Gasteiger partial charge in [0.05, 0.1) is 17.8 Å². The van der Waals surface area contributed by atoms with Crippen molar-refractivity contribution in [2.75, 3.05) is 14.2 Å². The third kappa shape index (κ3) is 2.39. The van der Waals surface area contributed by atoms with Gasteiger partial charge in [-0.2, -0.15) is 0 Å². The zero-order valence-corrected chi connectivity index (χ0v) is 11.9. The maximum atomic E-state index is 5.42. The van der Waals surface area contributed by atoms with E-state index in [1.54, 1.807) is 14.2 Å². The van der Waals surface area contributed by atoms with Crippen molar-refractivity contribution >= 4 is 22.6 Å². The minimum Gasteiger partial charge on any atom is -0.496 e. The van der Waals surface area contributed by atoms with Gasteiger partial charge in [0.15, 0.2) is 0 Å². The molecule has 0 amide bonds. The van der Waals surface area contributed by atoms with Crippen LogP contribution in [0.2, 0.25) is 0 Å². The molecule has 2 aromatic carbocycles. The van der Waals surface area contributed by atoms with Crippen LogP contribution in [0.3, 0.4) is 0 Å². The molecule has 0 aliphatic rings. The van der Waals surface area contributed by atoms with E-state index in [0.29, 0.717) is 0 Å².